The number of nitrogens with zero attached hydrogens (tertiary/aromatic N) is 2. The minimum absolute atomic E-state index is 0.269. The highest BCUT2D eigenvalue weighted by Gasteiger charge is 2.22. The van der Waals surface area contributed by atoms with Gasteiger partial charge in [-0.1, -0.05) is 0 Å². The maximum Gasteiger partial charge on any atom is 0.151 e. The lowest BCUT2D eigenvalue weighted by Gasteiger charge is -2.18. The molecule has 1 atom stereocenters. The number of nitriles is 1. The molecule has 6 heteroatoms. The zero-order valence-corrected chi connectivity index (χ0v) is 10.5. The van der Waals surface area contributed by atoms with Gasteiger partial charge in [0.15, 0.2) is 5.60 Å². The van der Waals surface area contributed by atoms with Crippen LogP contribution in [0, 0.1) is 16.7 Å². The van der Waals surface area contributed by atoms with Gasteiger partial charge in [-0.3, -0.25) is 5.41 Å². The summed E-state index contributed by atoms with van der Waals surface area (Å²) in [4.78, 5) is 6.77. The van der Waals surface area contributed by atoms with Gasteiger partial charge in [0.2, 0.25) is 0 Å². The molecule has 0 saturated carbocycles. The number of nitrogens with two attached hydrogens (primary N) is 1. The highest BCUT2D eigenvalue weighted by molar-refractivity contribution is 5.99. The van der Waals surface area contributed by atoms with Crippen LogP contribution in [0.2, 0.25) is 0 Å². The lowest BCUT2D eigenvalue weighted by atomic mass is 10.0. The minimum Gasteiger partial charge on any atom is -0.382 e. The molecular formula is C12H17N5O. The summed E-state index contributed by atoms with van der Waals surface area (Å²) in [6.07, 6.45) is 2.16. The quantitative estimate of drug-likeness (QED) is 0.518. The molecule has 0 amide bonds. The highest BCUT2D eigenvalue weighted by Crippen LogP contribution is 2.16. The number of rotatable bonds is 6. The maximum absolute atomic E-state index is 8.98. The summed E-state index contributed by atoms with van der Waals surface area (Å²) in [6, 6.07) is 5.82. The maximum atomic E-state index is 8.98. The van der Waals surface area contributed by atoms with Crippen molar-refractivity contribution in [2.75, 3.05) is 7.11 Å². The molecule has 18 heavy (non-hydrogen) atoms. The van der Waals surface area contributed by atoms with Crippen molar-refractivity contribution in [3.63, 3.8) is 0 Å². The van der Waals surface area contributed by atoms with Gasteiger partial charge in [-0.15, -0.1) is 0 Å². The number of hydrogen-bond donors (Lipinski definition) is 3. The van der Waals surface area contributed by atoms with Crippen molar-refractivity contribution in [3.8, 4) is 6.07 Å². The molecule has 0 spiro atoms. The van der Waals surface area contributed by atoms with Gasteiger partial charge in [-0.05, 0) is 31.9 Å². The van der Waals surface area contributed by atoms with Crippen molar-refractivity contribution in [1.29, 1.82) is 10.7 Å². The van der Waals surface area contributed by atoms with Crippen LogP contribution in [0.1, 0.15) is 24.7 Å². The number of aromatic nitrogens is 1. The monoisotopic (exact) mass is 247 g/mol. The first-order valence-electron chi connectivity index (χ1n) is 5.51. The van der Waals surface area contributed by atoms with Crippen LogP contribution in [0.25, 0.3) is 0 Å². The molecule has 0 aliphatic heterocycles. The van der Waals surface area contributed by atoms with E-state index in [-0.39, 0.29) is 5.84 Å². The second-order valence-electron chi connectivity index (χ2n) is 4.09. The lowest BCUT2D eigenvalue weighted by molar-refractivity contribution is 0.0482. The molecule has 0 aliphatic carbocycles. The first-order chi connectivity index (χ1) is 8.54. The van der Waals surface area contributed by atoms with Crippen LogP contribution in [0.15, 0.2) is 17.1 Å². The summed E-state index contributed by atoms with van der Waals surface area (Å²) in [5, 5.41) is 15.8. The molecule has 1 rings (SSSR count). The van der Waals surface area contributed by atoms with Gasteiger partial charge in [0, 0.05) is 12.8 Å². The van der Waals surface area contributed by atoms with E-state index in [9.17, 15) is 0 Å². The number of aromatic amines is 1. The van der Waals surface area contributed by atoms with E-state index in [1.165, 1.54) is 7.11 Å². The molecule has 6 nitrogen and oxygen atoms in total. The zero-order valence-electron chi connectivity index (χ0n) is 10.5. The van der Waals surface area contributed by atoms with Crippen molar-refractivity contribution in [1.82, 2.24) is 4.98 Å². The van der Waals surface area contributed by atoms with E-state index in [2.05, 4.69) is 16.0 Å². The van der Waals surface area contributed by atoms with E-state index in [0.717, 1.165) is 12.0 Å². The predicted molar refractivity (Wildman–Crippen MR) is 69.6 cm³/mol. The summed E-state index contributed by atoms with van der Waals surface area (Å²) in [6.45, 7) is 1.75. The zero-order chi connectivity index (χ0) is 13.6. The third-order valence-corrected chi connectivity index (χ3v) is 2.78. The van der Waals surface area contributed by atoms with Gasteiger partial charge in [-0.25, -0.2) is 4.99 Å². The molecule has 96 valence electrons. The Morgan fingerprint density at radius 2 is 2.44 bits per heavy atom. The summed E-state index contributed by atoms with van der Waals surface area (Å²) in [5.41, 5.74) is 6.49. The third kappa shape index (κ3) is 3.43. The van der Waals surface area contributed by atoms with Crippen molar-refractivity contribution in [3.05, 3.63) is 23.5 Å². The van der Waals surface area contributed by atoms with Gasteiger partial charge in [0.05, 0.1) is 11.8 Å². The van der Waals surface area contributed by atoms with Crippen molar-refractivity contribution >= 4 is 12.2 Å². The van der Waals surface area contributed by atoms with Crippen LogP contribution in [0.3, 0.4) is 0 Å². The summed E-state index contributed by atoms with van der Waals surface area (Å²) in [5.74, 6) is 0.269. The molecule has 0 fully saturated rings. The van der Waals surface area contributed by atoms with E-state index >= 15 is 0 Å². The number of amidine groups is 1. The molecular weight excluding hydrogens is 230 g/mol. The van der Waals surface area contributed by atoms with E-state index in [1.807, 2.05) is 6.07 Å². The van der Waals surface area contributed by atoms with E-state index in [4.69, 9.17) is 21.1 Å². The topological polar surface area (TPSA) is 111 Å². The number of aliphatic imine (C=N–C) groups is 1. The van der Waals surface area contributed by atoms with E-state index in [1.54, 1.807) is 13.0 Å². The number of nitrogens with one attached hydrogen (secondary N) is 2. The van der Waals surface area contributed by atoms with Crippen LogP contribution in [0.5, 0.6) is 0 Å². The SMILES string of the molecule is COC(C)(C#N)CCc1ccc(C(N)=NC=N)[nH]1. The van der Waals surface area contributed by atoms with Crippen molar-refractivity contribution in [2.24, 2.45) is 10.7 Å². The number of methoxy groups -OCH3 is 1. The van der Waals surface area contributed by atoms with Gasteiger partial charge >= 0.3 is 0 Å². The smallest absolute Gasteiger partial charge is 0.151 e. The largest absolute Gasteiger partial charge is 0.382 e. The Morgan fingerprint density at radius 1 is 1.72 bits per heavy atom. The second kappa shape index (κ2) is 5.98. The third-order valence-electron chi connectivity index (χ3n) is 2.78. The Morgan fingerprint density at radius 3 is 3.00 bits per heavy atom. The van der Waals surface area contributed by atoms with Gasteiger partial charge in [-0.2, -0.15) is 5.26 Å². The first-order valence-corrected chi connectivity index (χ1v) is 5.51. The Bertz CT molecular complexity index is 485. The fourth-order valence-electron chi connectivity index (χ4n) is 1.45. The van der Waals surface area contributed by atoms with Gasteiger partial charge in [0.1, 0.15) is 12.2 Å². The molecule has 4 N–H and O–H groups in total. The molecule has 1 aromatic rings. The normalized spacial score (nSPS) is 14.8. The van der Waals surface area contributed by atoms with Crippen LogP contribution in [-0.2, 0) is 11.2 Å². The average molecular weight is 247 g/mol. The van der Waals surface area contributed by atoms with E-state index in [0.29, 0.717) is 18.5 Å². The number of H-pyrrole nitrogens is 1. The molecule has 0 aromatic carbocycles. The fraction of sp³-hybridized carbons (Fsp3) is 0.417. The standard InChI is InChI=1S/C12H17N5O/c1-12(7-13,18-2)6-5-9-3-4-10(17-9)11(15)16-8-14/h3-4,8,17H,5-6H2,1-2H3,(H3,14,15,16). The molecule has 1 aromatic heterocycles. The van der Waals surface area contributed by atoms with Gasteiger partial charge < -0.3 is 15.5 Å². The van der Waals surface area contributed by atoms with Crippen molar-refractivity contribution in [2.45, 2.75) is 25.4 Å². The predicted octanol–water partition coefficient (Wildman–Crippen LogP) is 1.19. The molecule has 0 aliphatic rings. The first kappa shape index (κ1) is 13.9. The van der Waals surface area contributed by atoms with Gasteiger partial charge in [0.25, 0.3) is 0 Å². The Hall–Kier alpha value is -2.13. The summed E-state index contributed by atoms with van der Waals surface area (Å²) in [7, 11) is 1.53. The van der Waals surface area contributed by atoms with Crippen LogP contribution in [-0.4, -0.2) is 29.9 Å². The molecule has 0 radical (unpaired) electrons. The second-order valence-corrected chi connectivity index (χ2v) is 4.09. The molecule has 1 unspecified atom stereocenters. The van der Waals surface area contributed by atoms with Crippen LogP contribution >= 0.6 is 0 Å². The number of aryl methyl sites for hydroxylation is 1. The van der Waals surface area contributed by atoms with Crippen molar-refractivity contribution < 1.29 is 4.74 Å². The summed E-state index contributed by atoms with van der Waals surface area (Å²) < 4.78 is 5.15. The number of hydrogen-bond acceptors (Lipinski definition) is 3. The summed E-state index contributed by atoms with van der Waals surface area (Å²) >= 11 is 0. The Balaban J connectivity index is 2.69. The highest BCUT2D eigenvalue weighted by atomic mass is 16.5. The van der Waals surface area contributed by atoms with Crippen LogP contribution in [0.4, 0.5) is 0 Å². The molecule has 1 heterocycles. The average Bonchev–Trinajstić information content (AvgIpc) is 2.85. The molecule has 0 bridgehead atoms. The Kier molecular flexibility index (Phi) is 4.63. The van der Waals surface area contributed by atoms with Crippen LogP contribution < -0.4 is 5.73 Å². The fourth-order valence-corrected chi connectivity index (χ4v) is 1.45. The Labute approximate surface area is 106 Å². The molecule has 0 saturated heterocycles. The lowest BCUT2D eigenvalue weighted by Crippen LogP contribution is -2.25. The number of ether oxygens (including phenoxy) is 1. The minimum atomic E-state index is -0.778. The van der Waals surface area contributed by atoms with E-state index < -0.39 is 5.60 Å².